The third-order valence-electron chi connectivity index (χ3n) is 2.42. The minimum Gasteiger partial charge on any atom is -0.327 e. The van der Waals surface area contributed by atoms with Gasteiger partial charge in [0, 0.05) is 13.0 Å². The summed E-state index contributed by atoms with van der Waals surface area (Å²) in [6.45, 7) is 4.79. The van der Waals surface area contributed by atoms with Gasteiger partial charge in [-0.3, -0.25) is 4.79 Å². The van der Waals surface area contributed by atoms with Crippen LogP contribution >= 0.6 is 0 Å². The number of hydrogen-bond acceptors (Lipinski definition) is 2. The fourth-order valence-electron chi connectivity index (χ4n) is 1.39. The van der Waals surface area contributed by atoms with Crippen molar-refractivity contribution in [3.8, 4) is 0 Å². The van der Waals surface area contributed by atoms with Gasteiger partial charge in [0.15, 0.2) is 5.78 Å². The van der Waals surface area contributed by atoms with E-state index in [1.54, 1.807) is 6.08 Å². The van der Waals surface area contributed by atoms with E-state index in [9.17, 15) is 4.79 Å². The molecule has 2 heteroatoms. The van der Waals surface area contributed by atoms with Crippen LogP contribution in [0.5, 0.6) is 0 Å². The molecule has 0 atom stereocenters. The van der Waals surface area contributed by atoms with Gasteiger partial charge in [0.05, 0.1) is 0 Å². The average Bonchev–Trinajstić information content (AvgIpc) is 1.94. The number of carbonyl (C=O) groups is 1. The number of carbonyl (C=O) groups excluding carboxylic acids is 1. The molecule has 0 spiro atoms. The highest BCUT2D eigenvalue weighted by Crippen LogP contribution is 2.34. The molecule has 1 aliphatic rings. The Morgan fingerprint density at radius 3 is 2.73 bits per heavy atom. The largest absolute Gasteiger partial charge is 0.327 e. The Bertz CT molecular complexity index is 204. The molecule has 0 aromatic heterocycles. The van der Waals surface area contributed by atoms with Gasteiger partial charge in [0.25, 0.3) is 0 Å². The summed E-state index contributed by atoms with van der Waals surface area (Å²) in [6.07, 6.45) is 3.33. The SMILES string of the molecule is CC1(C)CCC(=O)C=C1CN. The van der Waals surface area contributed by atoms with Crippen LogP contribution in [0.2, 0.25) is 0 Å². The number of nitrogens with two attached hydrogens (primary N) is 1. The molecule has 1 rings (SSSR count). The van der Waals surface area contributed by atoms with Crippen LogP contribution in [0.1, 0.15) is 26.7 Å². The van der Waals surface area contributed by atoms with E-state index in [2.05, 4.69) is 13.8 Å². The molecule has 0 saturated carbocycles. The van der Waals surface area contributed by atoms with Gasteiger partial charge in [0.1, 0.15) is 0 Å². The Labute approximate surface area is 67.5 Å². The lowest BCUT2D eigenvalue weighted by molar-refractivity contribution is -0.115. The van der Waals surface area contributed by atoms with Crippen LogP contribution < -0.4 is 5.73 Å². The molecular weight excluding hydrogens is 138 g/mol. The highest BCUT2D eigenvalue weighted by atomic mass is 16.1. The quantitative estimate of drug-likeness (QED) is 0.616. The standard InChI is InChI=1S/C9H15NO/c1-9(2)4-3-8(11)5-7(9)6-10/h5H,3-4,6,10H2,1-2H3. The molecule has 2 nitrogen and oxygen atoms in total. The van der Waals surface area contributed by atoms with Gasteiger partial charge >= 0.3 is 0 Å². The Hall–Kier alpha value is -0.630. The van der Waals surface area contributed by atoms with Gasteiger partial charge in [-0.1, -0.05) is 13.8 Å². The molecule has 0 unspecified atom stereocenters. The monoisotopic (exact) mass is 153 g/mol. The topological polar surface area (TPSA) is 43.1 Å². The summed E-state index contributed by atoms with van der Waals surface area (Å²) in [6, 6.07) is 0. The summed E-state index contributed by atoms with van der Waals surface area (Å²) < 4.78 is 0. The van der Waals surface area contributed by atoms with E-state index in [0.717, 1.165) is 12.0 Å². The van der Waals surface area contributed by atoms with Gasteiger partial charge in [-0.2, -0.15) is 0 Å². The maximum absolute atomic E-state index is 11.0. The van der Waals surface area contributed by atoms with Crippen LogP contribution in [0, 0.1) is 5.41 Å². The molecule has 0 aliphatic heterocycles. The third-order valence-corrected chi connectivity index (χ3v) is 2.42. The maximum atomic E-state index is 11.0. The van der Waals surface area contributed by atoms with Gasteiger partial charge in [0.2, 0.25) is 0 Å². The van der Waals surface area contributed by atoms with Crippen LogP contribution in [-0.4, -0.2) is 12.3 Å². The van der Waals surface area contributed by atoms with Gasteiger partial charge in [-0.25, -0.2) is 0 Å². The fraction of sp³-hybridized carbons (Fsp3) is 0.667. The Balaban J connectivity index is 2.89. The number of allylic oxidation sites excluding steroid dienone is 1. The second kappa shape index (κ2) is 2.78. The van der Waals surface area contributed by atoms with E-state index in [0.29, 0.717) is 13.0 Å². The molecular formula is C9H15NO. The van der Waals surface area contributed by atoms with Crippen molar-refractivity contribution in [3.63, 3.8) is 0 Å². The molecule has 0 fully saturated rings. The van der Waals surface area contributed by atoms with Crippen LogP contribution in [-0.2, 0) is 4.79 Å². The summed E-state index contributed by atoms with van der Waals surface area (Å²) in [5, 5.41) is 0. The van der Waals surface area contributed by atoms with Gasteiger partial charge < -0.3 is 5.73 Å². The maximum Gasteiger partial charge on any atom is 0.155 e. The molecule has 0 aromatic rings. The summed E-state index contributed by atoms with van der Waals surface area (Å²) in [5.41, 5.74) is 6.75. The van der Waals surface area contributed by atoms with Crippen molar-refractivity contribution < 1.29 is 4.79 Å². The number of rotatable bonds is 1. The highest BCUT2D eigenvalue weighted by Gasteiger charge is 2.27. The smallest absolute Gasteiger partial charge is 0.155 e. The zero-order valence-corrected chi connectivity index (χ0v) is 7.18. The minimum absolute atomic E-state index is 0.142. The predicted molar refractivity (Wildman–Crippen MR) is 45.2 cm³/mol. The molecule has 0 radical (unpaired) electrons. The minimum atomic E-state index is 0.142. The molecule has 0 amide bonds. The van der Waals surface area contributed by atoms with Crippen LogP contribution in [0.3, 0.4) is 0 Å². The second-order valence-corrected chi connectivity index (χ2v) is 3.72. The van der Waals surface area contributed by atoms with E-state index in [1.165, 1.54) is 0 Å². The van der Waals surface area contributed by atoms with E-state index >= 15 is 0 Å². The molecule has 0 heterocycles. The Morgan fingerprint density at radius 2 is 2.27 bits per heavy atom. The van der Waals surface area contributed by atoms with E-state index in [-0.39, 0.29) is 11.2 Å². The molecule has 0 aromatic carbocycles. The number of ketones is 1. The van der Waals surface area contributed by atoms with E-state index < -0.39 is 0 Å². The first kappa shape index (κ1) is 8.47. The van der Waals surface area contributed by atoms with Crippen LogP contribution in [0.25, 0.3) is 0 Å². The van der Waals surface area contributed by atoms with Crippen molar-refractivity contribution in [1.82, 2.24) is 0 Å². The van der Waals surface area contributed by atoms with Crippen molar-refractivity contribution in [3.05, 3.63) is 11.6 Å². The zero-order chi connectivity index (χ0) is 8.48. The molecule has 62 valence electrons. The lowest BCUT2D eigenvalue weighted by Gasteiger charge is -2.30. The lowest BCUT2D eigenvalue weighted by atomic mass is 9.75. The number of hydrogen-bond donors (Lipinski definition) is 1. The second-order valence-electron chi connectivity index (χ2n) is 3.72. The van der Waals surface area contributed by atoms with Crippen molar-refractivity contribution in [2.45, 2.75) is 26.7 Å². The van der Waals surface area contributed by atoms with Gasteiger partial charge in [-0.15, -0.1) is 0 Å². The van der Waals surface area contributed by atoms with E-state index in [1.807, 2.05) is 0 Å². The zero-order valence-electron chi connectivity index (χ0n) is 7.18. The first-order valence-electron chi connectivity index (χ1n) is 4.00. The van der Waals surface area contributed by atoms with Crippen molar-refractivity contribution >= 4 is 5.78 Å². The fourth-order valence-corrected chi connectivity index (χ4v) is 1.39. The summed E-state index contributed by atoms with van der Waals surface area (Å²) in [5.74, 6) is 0.227. The summed E-state index contributed by atoms with van der Waals surface area (Å²) >= 11 is 0. The van der Waals surface area contributed by atoms with Crippen molar-refractivity contribution in [2.24, 2.45) is 11.1 Å². The summed E-state index contributed by atoms with van der Waals surface area (Å²) in [4.78, 5) is 11.0. The Morgan fingerprint density at radius 1 is 1.64 bits per heavy atom. The third kappa shape index (κ3) is 1.69. The van der Waals surface area contributed by atoms with Crippen LogP contribution in [0.15, 0.2) is 11.6 Å². The first-order chi connectivity index (χ1) is 5.06. The summed E-state index contributed by atoms with van der Waals surface area (Å²) in [7, 11) is 0. The molecule has 1 aliphatic carbocycles. The molecule has 2 N–H and O–H groups in total. The first-order valence-corrected chi connectivity index (χ1v) is 4.00. The lowest BCUT2D eigenvalue weighted by Crippen LogP contribution is -2.26. The van der Waals surface area contributed by atoms with E-state index in [4.69, 9.17) is 5.73 Å². The molecule has 0 saturated heterocycles. The van der Waals surface area contributed by atoms with Crippen molar-refractivity contribution in [1.29, 1.82) is 0 Å². The molecule has 11 heavy (non-hydrogen) atoms. The highest BCUT2D eigenvalue weighted by molar-refractivity contribution is 5.91. The normalized spacial score (nSPS) is 23.2. The Kier molecular flexibility index (Phi) is 2.14. The molecule has 0 bridgehead atoms. The van der Waals surface area contributed by atoms with Crippen LogP contribution in [0.4, 0.5) is 0 Å². The van der Waals surface area contributed by atoms with Gasteiger partial charge in [-0.05, 0) is 23.5 Å². The average molecular weight is 153 g/mol. The van der Waals surface area contributed by atoms with Crippen molar-refractivity contribution in [2.75, 3.05) is 6.54 Å². The predicted octanol–water partition coefficient (Wildman–Crippen LogP) is 1.26.